The second-order valence-corrected chi connectivity index (χ2v) is 14.1. The average Bonchev–Trinajstić information content (AvgIpc) is 3.33. The van der Waals surface area contributed by atoms with Crippen LogP contribution >= 0.6 is 0 Å². The molecule has 0 spiro atoms. The molecule has 0 bridgehead atoms. The lowest BCUT2D eigenvalue weighted by Gasteiger charge is -2.32. The lowest BCUT2D eigenvalue weighted by molar-refractivity contribution is -0.133. The summed E-state index contributed by atoms with van der Waals surface area (Å²) in [5.41, 5.74) is -1.28. The molecule has 2 saturated heterocycles. The first-order valence-corrected chi connectivity index (χ1v) is 14.1. The van der Waals surface area contributed by atoms with Crippen LogP contribution in [0.1, 0.15) is 68.7 Å². The van der Waals surface area contributed by atoms with Gasteiger partial charge in [0.15, 0.2) is 0 Å². The third-order valence-corrected chi connectivity index (χ3v) is 8.91. The molecular formula is C24H39BN4O7S. The Morgan fingerprint density at radius 3 is 2.16 bits per heavy atom. The average molecular weight is 538 g/mol. The zero-order chi connectivity index (χ0) is 28.0. The molecule has 37 heavy (non-hydrogen) atoms. The number of carbonyl (C=O) groups excluding carboxylic acids is 2. The Kier molecular flexibility index (Phi) is 8.04. The first-order chi connectivity index (χ1) is 16.8. The molecule has 0 saturated carbocycles. The van der Waals surface area contributed by atoms with Crippen molar-refractivity contribution in [3.05, 3.63) is 12.4 Å². The Bertz CT molecular complexity index is 1100. The maximum Gasteiger partial charge on any atom is 0.498 e. The van der Waals surface area contributed by atoms with E-state index in [0.717, 1.165) is 0 Å². The van der Waals surface area contributed by atoms with Gasteiger partial charge in [-0.2, -0.15) is 0 Å². The summed E-state index contributed by atoms with van der Waals surface area (Å²) >= 11 is 0. The fourth-order valence-corrected chi connectivity index (χ4v) is 5.54. The maximum absolute atomic E-state index is 13.3. The van der Waals surface area contributed by atoms with Crippen molar-refractivity contribution in [3.8, 4) is 0 Å². The summed E-state index contributed by atoms with van der Waals surface area (Å²) in [7, 11) is -4.60. The highest BCUT2D eigenvalue weighted by Crippen LogP contribution is 2.36. The number of amides is 2. The van der Waals surface area contributed by atoms with E-state index in [2.05, 4.69) is 15.3 Å². The molecule has 2 aliphatic rings. The topological polar surface area (TPSA) is 137 Å². The third kappa shape index (κ3) is 6.43. The molecule has 1 N–H and O–H groups in total. The van der Waals surface area contributed by atoms with Crippen LogP contribution in [0.25, 0.3) is 0 Å². The number of likely N-dealkylation sites (tertiary alicyclic amines) is 1. The summed E-state index contributed by atoms with van der Waals surface area (Å²) in [4.78, 5) is 35.1. The zero-order valence-electron chi connectivity index (χ0n) is 23.2. The summed E-state index contributed by atoms with van der Waals surface area (Å²) in [6.45, 7) is 16.7. The van der Waals surface area contributed by atoms with E-state index in [9.17, 15) is 18.0 Å². The minimum atomic E-state index is -3.89. The molecule has 2 aliphatic heterocycles. The Morgan fingerprint density at radius 1 is 1.14 bits per heavy atom. The van der Waals surface area contributed by atoms with Crippen LogP contribution in [0.5, 0.6) is 0 Å². The predicted octanol–water partition coefficient (Wildman–Crippen LogP) is 1.70. The molecule has 206 valence electrons. The highest BCUT2D eigenvalue weighted by Gasteiger charge is 2.52. The fourth-order valence-electron chi connectivity index (χ4n) is 4.05. The SMILES string of the molecule is CC(C)C(NC(=O)OC(C)(C)C)C(=O)N1CC[C@H](S(=O)(=O)c2ncc(B3OC(C)(C)C(C)(C)O3)cn2)C1. The second-order valence-electron chi connectivity index (χ2n) is 12.0. The molecule has 2 fully saturated rings. The molecule has 2 amide bonds. The van der Waals surface area contributed by atoms with Gasteiger partial charge in [-0.25, -0.2) is 23.2 Å². The molecule has 3 rings (SSSR count). The molecule has 13 heteroatoms. The third-order valence-electron chi connectivity index (χ3n) is 6.93. The summed E-state index contributed by atoms with van der Waals surface area (Å²) in [5, 5.41) is 1.47. The zero-order valence-corrected chi connectivity index (χ0v) is 24.0. The van der Waals surface area contributed by atoms with Crippen molar-refractivity contribution in [1.82, 2.24) is 20.2 Å². The van der Waals surface area contributed by atoms with Crippen LogP contribution in [0.15, 0.2) is 17.6 Å². The van der Waals surface area contributed by atoms with Crippen LogP contribution in [0.3, 0.4) is 0 Å². The smallest absolute Gasteiger partial charge is 0.444 e. The molecule has 1 aromatic rings. The lowest BCUT2D eigenvalue weighted by atomic mass is 9.81. The standard InChI is InChI=1S/C24H39BN4O7S/c1-15(2)18(28-21(31)34-22(3,4)5)19(30)29-11-10-17(14-29)37(32,33)20-26-12-16(13-27-20)25-35-23(6,7)24(8,9)36-25/h12-13,15,17-18H,10-11,14H2,1-9H3,(H,28,31)/t17-,18?/m0/s1. The number of rotatable bonds is 6. The summed E-state index contributed by atoms with van der Waals surface area (Å²) < 4.78 is 43.8. The Labute approximate surface area is 220 Å². The largest absolute Gasteiger partial charge is 0.498 e. The van der Waals surface area contributed by atoms with Gasteiger partial charge in [-0.1, -0.05) is 13.8 Å². The van der Waals surface area contributed by atoms with E-state index in [0.29, 0.717) is 5.46 Å². The first-order valence-electron chi connectivity index (χ1n) is 12.5. The van der Waals surface area contributed by atoms with Gasteiger partial charge in [0.2, 0.25) is 20.9 Å². The summed E-state index contributed by atoms with van der Waals surface area (Å²) in [6.07, 6.45) is 2.35. The molecule has 1 aromatic heterocycles. The number of carbonyl (C=O) groups is 2. The number of ether oxygens (including phenoxy) is 1. The minimum absolute atomic E-state index is 0.0112. The van der Waals surface area contributed by atoms with Crippen LogP contribution < -0.4 is 10.8 Å². The van der Waals surface area contributed by atoms with E-state index < -0.39 is 51.1 Å². The van der Waals surface area contributed by atoms with Gasteiger partial charge in [0, 0.05) is 30.9 Å². The van der Waals surface area contributed by atoms with Gasteiger partial charge < -0.3 is 24.3 Å². The quantitative estimate of drug-likeness (QED) is 0.424. The van der Waals surface area contributed by atoms with Crippen LogP contribution in [-0.4, -0.2) is 83.6 Å². The molecule has 1 unspecified atom stereocenters. The normalized spacial score (nSPS) is 22.3. The second kappa shape index (κ2) is 10.1. The molecular weight excluding hydrogens is 499 g/mol. The highest BCUT2D eigenvalue weighted by atomic mass is 32.2. The number of alkyl carbamates (subject to hydrolysis) is 1. The van der Waals surface area contributed by atoms with Gasteiger partial charge in [0.25, 0.3) is 0 Å². The number of aromatic nitrogens is 2. The summed E-state index contributed by atoms with van der Waals surface area (Å²) in [6, 6.07) is -0.841. The number of hydrogen-bond donors (Lipinski definition) is 1. The van der Waals surface area contributed by atoms with Crippen LogP contribution in [0, 0.1) is 5.92 Å². The number of hydrogen-bond acceptors (Lipinski definition) is 9. The van der Waals surface area contributed by atoms with Crippen molar-refractivity contribution in [2.24, 2.45) is 5.92 Å². The van der Waals surface area contributed by atoms with Gasteiger partial charge >= 0.3 is 13.2 Å². The van der Waals surface area contributed by atoms with E-state index >= 15 is 0 Å². The van der Waals surface area contributed by atoms with Crippen molar-refractivity contribution in [2.75, 3.05) is 13.1 Å². The molecule has 0 radical (unpaired) electrons. The van der Waals surface area contributed by atoms with Crippen LogP contribution in [0.4, 0.5) is 4.79 Å². The van der Waals surface area contributed by atoms with E-state index in [1.165, 1.54) is 17.3 Å². The van der Waals surface area contributed by atoms with Gasteiger partial charge in [-0.15, -0.1) is 0 Å². The van der Waals surface area contributed by atoms with Crippen LogP contribution in [-0.2, 0) is 28.7 Å². The van der Waals surface area contributed by atoms with E-state index in [4.69, 9.17) is 14.0 Å². The fraction of sp³-hybridized carbons (Fsp3) is 0.750. The van der Waals surface area contributed by atoms with E-state index in [-0.39, 0.29) is 36.5 Å². The van der Waals surface area contributed by atoms with Gasteiger partial charge in [0.1, 0.15) is 11.6 Å². The van der Waals surface area contributed by atoms with Crippen molar-refractivity contribution in [2.45, 2.75) is 102 Å². The van der Waals surface area contributed by atoms with E-state index in [1.54, 1.807) is 34.6 Å². The Balaban J connectivity index is 1.68. The van der Waals surface area contributed by atoms with Crippen molar-refractivity contribution in [3.63, 3.8) is 0 Å². The number of nitrogens with one attached hydrogen (secondary N) is 1. The molecule has 0 aromatic carbocycles. The number of sulfone groups is 1. The van der Waals surface area contributed by atoms with Crippen molar-refractivity contribution in [1.29, 1.82) is 0 Å². The predicted molar refractivity (Wildman–Crippen MR) is 138 cm³/mol. The lowest BCUT2D eigenvalue weighted by Crippen LogP contribution is -2.52. The molecule has 3 heterocycles. The van der Waals surface area contributed by atoms with E-state index in [1.807, 2.05) is 27.7 Å². The Hall–Kier alpha value is -2.25. The maximum atomic E-state index is 13.3. The monoisotopic (exact) mass is 538 g/mol. The van der Waals surface area contributed by atoms with Crippen molar-refractivity contribution >= 4 is 34.4 Å². The van der Waals surface area contributed by atoms with Gasteiger partial charge in [-0.05, 0) is 60.8 Å². The van der Waals surface area contributed by atoms with Gasteiger partial charge in [-0.3, -0.25) is 4.79 Å². The number of nitrogens with zero attached hydrogens (tertiary/aromatic N) is 3. The molecule has 11 nitrogen and oxygen atoms in total. The summed E-state index contributed by atoms with van der Waals surface area (Å²) in [5.74, 6) is -0.572. The minimum Gasteiger partial charge on any atom is -0.444 e. The first kappa shape index (κ1) is 29.3. The molecule has 0 aliphatic carbocycles. The Morgan fingerprint density at radius 2 is 1.68 bits per heavy atom. The van der Waals surface area contributed by atoms with Crippen molar-refractivity contribution < 1.29 is 32.1 Å². The highest BCUT2D eigenvalue weighted by molar-refractivity contribution is 7.91. The van der Waals surface area contributed by atoms with Crippen LogP contribution in [0.2, 0.25) is 0 Å². The molecule has 2 atom stereocenters. The van der Waals surface area contributed by atoms with Gasteiger partial charge in [0.05, 0.1) is 16.5 Å².